The fourth-order valence-corrected chi connectivity index (χ4v) is 2.86. The largest absolute Gasteiger partial charge is 0.467 e. The van der Waals surface area contributed by atoms with Crippen LogP contribution < -0.4 is 10.6 Å². The summed E-state index contributed by atoms with van der Waals surface area (Å²) >= 11 is 5.15. The first-order valence-corrected chi connectivity index (χ1v) is 7.20. The molecule has 5 heteroatoms. The number of carbonyl (C=O) groups is 1. The fraction of sp³-hybridized carbons (Fsp3) is 0.467. The minimum Gasteiger partial charge on any atom is -0.467 e. The second-order valence-corrected chi connectivity index (χ2v) is 5.55. The predicted octanol–water partition coefficient (Wildman–Crippen LogP) is 2.16. The van der Waals surface area contributed by atoms with Gasteiger partial charge in [0.25, 0.3) is 0 Å². The second-order valence-electron chi connectivity index (χ2n) is 5.11. The van der Waals surface area contributed by atoms with Crippen molar-refractivity contribution in [1.29, 1.82) is 0 Å². The van der Waals surface area contributed by atoms with Gasteiger partial charge in [0, 0.05) is 17.8 Å². The van der Waals surface area contributed by atoms with E-state index in [0.29, 0.717) is 4.99 Å². The summed E-state index contributed by atoms with van der Waals surface area (Å²) in [5, 5.41) is 0. The molecule has 20 heavy (non-hydrogen) atoms. The number of nitrogens with zero attached hydrogens (tertiary/aromatic N) is 1. The first-order valence-electron chi connectivity index (χ1n) is 6.79. The molecule has 2 N–H and O–H groups in total. The molecule has 0 radical (unpaired) electrons. The minimum absolute atomic E-state index is 0.195. The number of benzene rings is 1. The zero-order valence-electron chi connectivity index (χ0n) is 11.9. The van der Waals surface area contributed by atoms with Crippen LogP contribution in [0.5, 0.6) is 0 Å². The molecule has 108 valence electrons. The highest BCUT2D eigenvalue weighted by molar-refractivity contribution is 7.80. The Morgan fingerprint density at radius 2 is 2.20 bits per heavy atom. The lowest BCUT2D eigenvalue weighted by Gasteiger charge is -2.36. The van der Waals surface area contributed by atoms with Crippen molar-refractivity contribution in [3.63, 3.8) is 0 Å². The fourth-order valence-electron chi connectivity index (χ4n) is 2.70. The molecule has 0 bridgehead atoms. The number of methoxy groups -OCH3 is 1. The number of thiocarbonyl (C=S) groups is 1. The van der Waals surface area contributed by atoms with Crippen molar-refractivity contribution in [2.45, 2.75) is 32.2 Å². The van der Waals surface area contributed by atoms with E-state index in [1.54, 1.807) is 0 Å². The Balaban J connectivity index is 2.42. The molecule has 1 aliphatic heterocycles. The third-order valence-electron chi connectivity index (χ3n) is 3.70. The Bertz CT molecular complexity index is 531. The maximum atomic E-state index is 12.0. The van der Waals surface area contributed by atoms with Gasteiger partial charge in [0.05, 0.1) is 7.11 Å². The Labute approximate surface area is 124 Å². The Morgan fingerprint density at radius 1 is 1.45 bits per heavy atom. The van der Waals surface area contributed by atoms with Gasteiger partial charge in [-0.25, -0.2) is 4.79 Å². The first-order chi connectivity index (χ1) is 9.54. The Morgan fingerprint density at radius 3 is 2.85 bits per heavy atom. The second kappa shape index (κ2) is 6.22. The number of anilines is 1. The lowest BCUT2D eigenvalue weighted by molar-refractivity contribution is -0.142. The number of esters is 1. The molecule has 1 aliphatic rings. The van der Waals surface area contributed by atoms with Crippen molar-refractivity contribution in [2.75, 3.05) is 18.6 Å². The quantitative estimate of drug-likeness (QED) is 0.683. The SMILES string of the molecule is COC(=O)C1CCCCN1c1ccc(C)cc1C(N)=S. The van der Waals surface area contributed by atoms with Crippen LogP contribution in [0.15, 0.2) is 18.2 Å². The standard InChI is InChI=1S/C15H20N2O2S/c1-10-6-7-12(11(9-10)14(16)20)17-8-4-3-5-13(17)15(18)19-2/h6-7,9,13H,3-5,8H2,1-2H3,(H2,16,20). The van der Waals surface area contributed by atoms with Crippen molar-refractivity contribution < 1.29 is 9.53 Å². The number of nitrogens with two attached hydrogens (primary N) is 1. The van der Waals surface area contributed by atoms with Gasteiger partial charge in [0.2, 0.25) is 0 Å². The van der Waals surface area contributed by atoms with E-state index >= 15 is 0 Å². The summed E-state index contributed by atoms with van der Waals surface area (Å²) in [6, 6.07) is 5.73. The zero-order valence-corrected chi connectivity index (χ0v) is 12.7. The Kier molecular flexibility index (Phi) is 4.60. The summed E-state index contributed by atoms with van der Waals surface area (Å²) in [5.41, 5.74) is 8.69. The van der Waals surface area contributed by atoms with E-state index < -0.39 is 0 Å². The molecule has 4 nitrogen and oxygen atoms in total. The molecule has 0 amide bonds. The molecule has 1 atom stereocenters. The summed E-state index contributed by atoms with van der Waals surface area (Å²) in [5.74, 6) is -0.195. The van der Waals surface area contributed by atoms with Gasteiger partial charge in [0.15, 0.2) is 0 Å². The molecular formula is C15H20N2O2S. The van der Waals surface area contributed by atoms with Crippen molar-refractivity contribution in [3.8, 4) is 0 Å². The van der Waals surface area contributed by atoms with Crippen LogP contribution in [0, 0.1) is 6.92 Å². The molecule has 0 aliphatic carbocycles. The van der Waals surface area contributed by atoms with Gasteiger partial charge >= 0.3 is 5.97 Å². The summed E-state index contributed by atoms with van der Waals surface area (Å²) in [6.07, 6.45) is 2.89. The third-order valence-corrected chi connectivity index (χ3v) is 3.92. The van der Waals surface area contributed by atoms with Crippen LogP contribution in [-0.4, -0.2) is 30.7 Å². The molecule has 0 aromatic heterocycles. The summed E-state index contributed by atoms with van der Waals surface area (Å²) in [4.78, 5) is 14.4. The normalized spacial score (nSPS) is 18.7. The average Bonchev–Trinajstić information content (AvgIpc) is 2.46. The molecule has 0 spiro atoms. The van der Waals surface area contributed by atoms with Crippen molar-refractivity contribution >= 4 is 28.9 Å². The highest BCUT2D eigenvalue weighted by atomic mass is 32.1. The number of piperidine rings is 1. The topological polar surface area (TPSA) is 55.6 Å². The predicted molar refractivity (Wildman–Crippen MR) is 84.1 cm³/mol. The van der Waals surface area contributed by atoms with E-state index in [0.717, 1.165) is 42.6 Å². The van der Waals surface area contributed by atoms with Crippen LogP contribution in [0.2, 0.25) is 0 Å². The van der Waals surface area contributed by atoms with Crippen LogP contribution in [0.25, 0.3) is 0 Å². The monoisotopic (exact) mass is 292 g/mol. The molecule has 1 unspecified atom stereocenters. The lowest BCUT2D eigenvalue weighted by Crippen LogP contribution is -2.46. The van der Waals surface area contributed by atoms with Crippen LogP contribution in [0.4, 0.5) is 5.69 Å². The van der Waals surface area contributed by atoms with E-state index in [1.807, 2.05) is 25.1 Å². The zero-order chi connectivity index (χ0) is 14.7. The third kappa shape index (κ3) is 2.93. The van der Waals surface area contributed by atoms with E-state index in [4.69, 9.17) is 22.7 Å². The van der Waals surface area contributed by atoms with E-state index in [1.165, 1.54) is 7.11 Å². The van der Waals surface area contributed by atoms with Gasteiger partial charge < -0.3 is 15.4 Å². The summed E-state index contributed by atoms with van der Waals surface area (Å²) in [7, 11) is 1.43. The first kappa shape index (κ1) is 14.8. The van der Waals surface area contributed by atoms with E-state index in [9.17, 15) is 4.79 Å². The molecule has 2 rings (SSSR count). The van der Waals surface area contributed by atoms with Crippen LogP contribution in [0.1, 0.15) is 30.4 Å². The van der Waals surface area contributed by atoms with Gasteiger partial charge in [-0.15, -0.1) is 0 Å². The van der Waals surface area contributed by atoms with Crippen LogP contribution >= 0.6 is 12.2 Å². The number of hydrogen-bond donors (Lipinski definition) is 1. The van der Waals surface area contributed by atoms with Gasteiger partial charge in [-0.3, -0.25) is 0 Å². The summed E-state index contributed by atoms with van der Waals surface area (Å²) < 4.78 is 4.92. The maximum Gasteiger partial charge on any atom is 0.328 e. The van der Waals surface area contributed by atoms with Crippen molar-refractivity contribution in [1.82, 2.24) is 0 Å². The highest BCUT2D eigenvalue weighted by Gasteiger charge is 2.31. The Hall–Kier alpha value is -1.62. The number of carbonyl (C=O) groups excluding carboxylic acids is 1. The van der Waals surface area contributed by atoms with Crippen molar-refractivity contribution in [2.24, 2.45) is 5.73 Å². The lowest BCUT2D eigenvalue weighted by atomic mass is 9.99. The molecule has 1 heterocycles. The van der Waals surface area contributed by atoms with Crippen LogP contribution in [-0.2, 0) is 9.53 Å². The molecular weight excluding hydrogens is 272 g/mol. The molecule has 1 fully saturated rings. The highest BCUT2D eigenvalue weighted by Crippen LogP contribution is 2.29. The number of aryl methyl sites for hydroxylation is 1. The average molecular weight is 292 g/mol. The van der Waals surface area contributed by atoms with Gasteiger partial charge in [-0.2, -0.15) is 0 Å². The smallest absolute Gasteiger partial charge is 0.328 e. The molecule has 1 aromatic rings. The number of ether oxygens (including phenoxy) is 1. The maximum absolute atomic E-state index is 12.0. The van der Waals surface area contributed by atoms with Gasteiger partial charge in [-0.05, 0) is 38.3 Å². The van der Waals surface area contributed by atoms with E-state index in [-0.39, 0.29) is 12.0 Å². The number of rotatable bonds is 3. The summed E-state index contributed by atoms with van der Waals surface area (Å²) in [6.45, 7) is 2.82. The van der Waals surface area contributed by atoms with Gasteiger partial charge in [-0.1, -0.05) is 23.8 Å². The molecule has 0 saturated carbocycles. The van der Waals surface area contributed by atoms with Crippen LogP contribution in [0.3, 0.4) is 0 Å². The minimum atomic E-state index is -0.246. The molecule has 1 aromatic carbocycles. The number of hydrogen-bond acceptors (Lipinski definition) is 4. The van der Waals surface area contributed by atoms with Crippen molar-refractivity contribution in [3.05, 3.63) is 29.3 Å². The van der Waals surface area contributed by atoms with E-state index in [2.05, 4.69) is 4.90 Å². The van der Waals surface area contributed by atoms with Gasteiger partial charge in [0.1, 0.15) is 11.0 Å². The molecule has 1 saturated heterocycles.